The van der Waals surface area contributed by atoms with Gasteiger partial charge in [-0.2, -0.15) is 0 Å². The van der Waals surface area contributed by atoms with Gasteiger partial charge in [0.2, 0.25) is 5.91 Å². The van der Waals surface area contributed by atoms with Crippen LogP contribution in [-0.4, -0.2) is 49.4 Å². The van der Waals surface area contributed by atoms with Gasteiger partial charge in [0.05, 0.1) is 26.3 Å². The minimum absolute atomic E-state index is 0.107. The van der Waals surface area contributed by atoms with Crippen LogP contribution in [0.15, 0.2) is 72.8 Å². The summed E-state index contributed by atoms with van der Waals surface area (Å²) in [6, 6.07) is 18.3. The maximum absolute atomic E-state index is 13.9. The topological polar surface area (TPSA) is 76.2 Å². The number of carbonyl (C=O) groups is 3. The van der Waals surface area contributed by atoms with E-state index in [9.17, 15) is 18.8 Å². The van der Waals surface area contributed by atoms with Gasteiger partial charge in [-0.3, -0.25) is 14.4 Å². The van der Waals surface area contributed by atoms with E-state index < -0.39 is 29.6 Å². The minimum Gasteiger partial charge on any atom is -0.493 e. The molecule has 0 saturated carbocycles. The first-order chi connectivity index (χ1) is 16.9. The summed E-state index contributed by atoms with van der Waals surface area (Å²) in [4.78, 5) is 42.1. The fraction of sp³-hybridized carbons (Fsp3) is 0.222. The van der Waals surface area contributed by atoms with Gasteiger partial charge in [0, 0.05) is 12.1 Å². The molecule has 1 unspecified atom stereocenters. The number of para-hydroxylation sites is 1. The Hall–Kier alpha value is -4.20. The number of hydrogen-bond acceptors (Lipinski definition) is 5. The lowest BCUT2D eigenvalue weighted by atomic mass is 10.1. The van der Waals surface area contributed by atoms with Crippen molar-refractivity contribution in [2.24, 2.45) is 0 Å². The van der Waals surface area contributed by atoms with Crippen molar-refractivity contribution >= 4 is 23.4 Å². The van der Waals surface area contributed by atoms with Crippen LogP contribution < -0.4 is 14.4 Å². The molecule has 1 saturated heterocycles. The molecule has 0 bridgehead atoms. The van der Waals surface area contributed by atoms with Gasteiger partial charge in [0.25, 0.3) is 11.8 Å². The molecule has 1 aliphatic heterocycles. The molecular weight excluding hydrogens is 451 g/mol. The third-order valence-electron chi connectivity index (χ3n) is 5.94. The van der Waals surface area contributed by atoms with Gasteiger partial charge in [-0.15, -0.1) is 0 Å². The average molecular weight is 477 g/mol. The molecule has 3 aromatic carbocycles. The predicted molar refractivity (Wildman–Crippen MR) is 128 cm³/mol. The molecule has 8 heteroatoms. The third-order valence-corrected chi connectivity index (χ3v) is 5.94. The lowest BCUT2D eigenvalue weighted by molar-refractivity contribution is -0.122. The first-order valence-electron chi connectivity index (χ1n) is 11.1. The third kappa shape index (κ3) is 5.01. The van der Waals surface area contributed by atoms with Gasteiger partial charge in [-0.1, -0.05) is 30.3 Å². The molecule has 1 aliphatic rings. The molecule has 1 atom stereocenters. The highest BCUT2D eigenvalue weighted by molar-refractivity contribution is 6.23. The normalized spacial score (nSPS) is 15.3. The molecular formula is C27H25FN2O5. The number of hydrogen-bond donors (Lipinski definition) is 0. The number of imide groups is 1. The Labute approximate surface area is 202 Å². The van der Waals surface area contributed by atoms with E-state index in [0.717, 1.165) is 16.5 Å². The molecule has 0 aliphatic carbocycles. The number of halogens is 1. The standard InChI is InChI=1S/C27H25FN2O5/c1-34-23-12-11-18(15-24(23)35-2)13-14-29(26(32)19-7-6-8-20(28)16-19)22-17-25(31)30(27(22)33)21-9-4-3-5-10-21/h3-12,15-16,22H,13-14,17H2,1-2H3. The van der Waals surface area contributed by atoms with E-state index in [2.05, 4.69) is 0 Å². The van der Waals surface area contributed by atoms with Crippen molar-refractivity contribution < 1.29 is 28.2 Å². The fourth-order valence-corrected chi connectivity index (χ4v) is 4.18. The van der Waals surface area contributed by atoms with Gasteiger partial charge < -0.3 is 14.4 Å². The van der Waals surface area contributed by atoms with Crippen LogP contribution in [0.5, 0.6) is 11.5 Å². The molecule has 0 radical (unpaired) electrons. The van der Waals surface area contributed by atoms with E-state index in [4.69, 9.17) is 9.47 Å². The first-order valence-corrected chi connectivity index (χ1v) is 11.1. The first kappa shape index (κ1) is 23.9. The highest BCUT2D eigenvalue weighted by Gasteiger charge is 2.44. The van der Waals surface area contributed by atoms with Crippen molar-refractivity contribution in [2.45, 2.75) is 18.9 Å². The number of methoxy groups -OCH3 is 2. The highest BCUT2D eigenvalue weighted by Crippen LogP contribution is 2.29. The van der Waals surface area contributed by atoms with Crippen molar-refractivity contribution in [3.8, 4) is 11.5 Å². The van der Waals surface area contributed by atoms with Crippen LogP contribution in [0.1, 0.15) is 22.3 Å². The summed E-state index contributed by atoms with van der Waals surface area (Å²) in [7, 11) is 3.07. The molecule has 7 nitrogen and oxygen atoms in total. The smallest absolute Gasteiger partial charge is 0.257 e. The maximum Gasteiger partial charge on any atom is 0.257 e. The summed E-state index contributed by atoms with van der Waals surface area (Å²) in [6.45, 7) is 0.136. The van der Waals surface area contributed by atoms with Crippen molar-refractivity contribution in [3.63, 3.8) is 0 Å². The van der Waals surface area contributed by atoms with E-state index in [-0.39, 0.29) is 18.5 Å². The Kier molecular flexibility index (Phi) is 7.10. The number of anilines is 1. The zero-order chi connectivity index (χ0) is 24.9. The van der Waals surface area contributed by atoms with Crippen LogP contribution in [0.25, 0.3) is 0 Å². The summed E-state index contributed by atoms with van der Waals surface area (Å²) >= 11 is 0. The molecule has 1 fully saturated rings. The van der Waals surface area contributed by atoms with Gasteiger partial charge >= 0.3 is 0 Å². The predicted octanol–water partition coefficient (Wildman–Crippen LogP) is 3.86. The number of amides is 3. The Morgan fingerprint density at radius 3 is 2.40 bits per heavy atom. The quantitative estimate of drug-likeness (QED) is 0.462. The molecule has 0 N–H and O–H groups in total. The number of nitrogens with zero attached hydrogens (tertiary/aromatic N) is 2. The second kappa shape index (κ2) is 10.4. The van der Waals surface area contributed by atoms with Crippen LogP contribution >= 0.6 is 0 Å². The monoisotopic (exact) mass is 476 g/mol. The average Bonchev–Trinajstić information content (AvgIpc) is 3.17. The summed E-state index contributed by atoms with van der Waals surface area (Å²) in [5, 5.41) is 0. The molecule has 1 heterocycles. The van der Waals surface area contributed by atoms with Crippen LogP contribution in [0.3, 0.4) is 0 Å². The number of rotatable bonds is 8. The molecule has 3 amide bonds. The van der Waals surface area contributed by atoms with Gasteiger partial charge in [-0.05, 0) is 54.4 Å². The number of carbonyl (C=O) groups excluding carboxylic acids is 3. The fourth-order valence-electron chi connectivity index (χ4n) is 4.18. The van der Waals surface area contributed by atoms with Crippen LogP contribution in [0, 0.1) is 5.82 Å². The molecule has 0 spiro atoms. The van der Waals surface area contributed by atoms with E-state index >= 15 is 0 Å². The van der Waals surface area contributed by atoms with Crippen molar-refractivity contribution in [3.05, 3.63) is 89.7 Å². The van der Waals surface area contributed by atoms with E-state index in [1.165, 1.54) is 37.3 Å². The lowest BCUT2D eigenvalue weighted by Crippen LogP contribution is -2.46. The maximum atomic E-state index is 13.9. The van der Waals surface area contributed by atoms with E-state index in [0.29, 0.717) is 23.6 Å². The highest BCUT2D eigenvalue weighted by atomic mass is 19.1. The van der Waals surface area contributed by atoms with E-state index in [1.807, 2.05) is 6.07 Å². The molecule has 4 rings (SSSR count). The minimum atomic E-state index is -1.00. The Morgan fingerprint density at radius 1 is 0.971 bits per heavy atom. The van der Waals surface area contributed by atoms with Crippen LogP contribution in [0.2, 0.25) is 0 Å². The summed E-state index contributed by atoms with van der Waals surface area (Å²) in [6.07, 6.45) is 0.228. The number of ether oxygens (including phenoxy) is 2. The summed E-state index contributed by atoms with van der Waals surface area (Å²) < 4.78 is 24.5. The zero-order valence-electron chi connectivity index (χ0n) is 19.4. The second-order valence-corrected chi connectivity index (χ2v) is 8.07. The van der Waals surface area contributed by atoms with Crippen molar-refractivity contribution in [2.75, 3.05) is 25.7 Å². The van der Waals surface area contributed by atoms with Crippen LogP contribution in [0.4, 0.5) is 10.1 Å². The Bertz CT molecular complexity index is 1250. The SMILES string of the molecule is COc1ccc(CCN(C(=O)c2cccc(F)c2)C2CC(=O)N(c3ccccc3)C2=O)cc1OC. The Morgan fingerprint density at radius 2 is 1.71 bits per heavy atom. The number of benzene rings is 3. The largest absolute Gasteiger partial charge is 0.493 e. The molecule has 180 valence electrons. The molecule has 3 aromatic rings. The second-order valence-electron chi connectivity index (χ2n) is 8.07. The summed E-state index contributed by atoms with van der Waals surface area (Å²) in [5.74, 6) is -0.858. The van der Waals surface area contributed by atoms with Crippen LogP contribution in [-0.2, 0) is 16.0 Å². The van der Waals surface area contributed by atoms with E-state index in [1.54, 1.807) is 42.5 Å². The van der Waals surface area contributed by atoms with Gasteiger partial charge in [0.1, 0.15) is 11.9 Å². The molecule has 0 aromatic heterocycles. The van der Waals surface area contributed by atoms with Gasteiger partial charge in [-0.25, -0.2) is 9.29 Å². The Balaban J connectivity index is 1.64. The van der Waals surface area contributed by atoms with Crippen molar-refractivity contribution in [1.29, 1.82) is 0 Å². The molecule has 35 heavy (non-hydrogen) atoms. The summed E-state index contributed by atoms with van der Waals surface area (Å²) in [5.41, 5.74) is 1.40. The lowest BCUT2D eigenvalue weighted by Gasteiger charge is -2.28. The van der Waals surface area contributed by atoms with Crippen molar-refractivity contribution in [1.82, 2.24) is 4.90 Å². The van der Waals surface area contributed by atoms with Gasteiger partial charge in [0.15, 0.2) is 11.5 Å². The zero-order valence-corrected chi connectivity index (χ0v) is 19.4.